The fraction of sp³-hybridized carbons (Fsp3) is 0.143. The summed E-state index contributed by atoms with van der Waals surface area (Å²) in [4.78, 5) is 26.9. The second-order valence-corrected chi connectivity index (χ2v) is 8.37. The molecule has 0 saturated carbocycles. The van der Waals surface area contributed by atoms with Crippen LogP contribution in [0.15, 0.2) is 84.6 Å². The second kappa shape index (κ2) is 7.85. The van der Waals surface area contributed by atoms with E-state index < -0.39 is 23.2 Å². The highest BCUT2D eigenvalue weighted by molar-refractivity contribution is 6.16. The molecule has 164 valence electrons. The summed E-state index contributed by atoms with van der Waals surface area (Å²) < 4.78 is 19.7. The van der Waals surface area contributed by atoms with E-state index in [2.05, 4.69) is 5.32 Å². The lowest BCUT2D eigenvalue weighted by molar-refractivity contribution is -0.145. The zero-order valence-electron chi connectivity index (χ0n) is 18.3. The van der Waals surface area contributed by atoms with Crippen LogP contribution >= 0.6 is 0 Å². The van der Waals surface area contributed by atoms with Gasteiger partial charge >= 0.3 is 5.97 Å². The van der Waals surface area contributed by atoms with Gasteiger partial charge in [-0.15, -0.1) is 0 Å². The first-order valence-corrected chi connectivity index (χ1v) is 10.7. The standard InChI is InChI=1S/C28H22FNO3/c1-17-8-10-19(11-9-17)26(31)23-16-30-28(27(32)33-2)24(14-18-6-4-3-5-7-18)21-13-12-20(29)15-22(21)25(23)28/h3-16,25,30H,1-2H3/b24-14+. The molecule has 3 aromatic rings. The molecule has 0 aromatic heterocycles. The number of esters is 1. The van der Waals surface area contributed by atoms with Crippen LogP contribution in [0.25, 0.3) is 11.6 Å². The molecule has 33 heavy (non-hydrogen) atoms. The van der Waals surface area contributed by atoms with E-state index in [0.29, 0.717) is 27.8 Å². The Morgan fingerprint density at radius 2 is 1.76 bits per heavy atom. The van der Waals surface area contributed by atoms with Crippen molar-refractivity contribution in [3.63, 3.8) is 0 Å². The lowest BCUT2D eigenvalue weighted by atomic mass is 9.78. The van der Waals surface area contributed by atoms with Crippen LogP contribution in [0, 0.1) is 12.7 Å². The molecule has 0 fully saturated rings. The van der Waals surface area contributed by atoms with Crippen LogP contribution in [0.1, 0.15) is 38.5 Å². The number of benzene rings is 3. The molecule has 1 aliphatic carbocycles. The van der Waals surface area contributed by atoms with Crippen LogP contribution in [0.4, 0.5) is 4.39 Å². The molecule has 4 nitrogen and oxygen atoms in total. The number of carbonyl (C=O) groups is 2. The second-order valence-electron chi connectivity index (χ2n) is 8.37. The van der Waals surface area contributed by atoms with Gasteiger partial charge in [0.1, 0.15) is 5.82 Å². The summed E-state index contributed by atoms with van der Waals surface area (Å²) in [6.07, 6.45) is 3.48. The van der Waals surface area contributed by atoms with Crippen molar-refractivity contribution >= 4 is 23.4 Å². The Labute approximate surface area is 191 Å². The summed E-state index contributed by atoms with van der Waals surface area (Å²) >= 11 is 0. The van der Waals surface area contributed by atoms with Gasteiger partial charge in [0.05, 0.1) is 13.0 Å². The van der Waals surface area contributed by atoms with Gasteiger partial charge in [-0.1, -0.05) is 66.2 Å². The van der Waals surface area contributed by atoms with Crippen molar-refractivity contribution in [3.05, 3.63) is 118 Å². The minimum Gasteiger partial charge on any atom is -0.467 e. The average molecular weight is 439 g/mol. The largest absolute Gasteiger partial charge is 0.467 e. The molecular weight excluding hydrogens is 417 g/mol. The highest BCUT2D eigenvalue weighted by Crippen LogP contribution is 2.56. The molecule has 2 unspecified atom stereocenters. The van der Waals surface area contributed by atoms with Crippen molar-refractivity contribution in [1.82, 2.24) is 5.32 Å². The number of hydrogen-bond acceptors (Lipinski definition) is 4. The molecule has 5 rings (SSSR count). The lowest BCUT2D eigenvalue weighted by Gasteiger charge is -2.30. The first kappa shape index (κ1) is 20.9. The highest BCUT2D eigenvalue weighted by atomic mass is 19.1. The van der Waals surface area contributed by atoms with Crippen LogP contribution in [0.3, 0.4) is 0 Å². The first-order valence-electron chi connectivity index (χ1n) is 10.7. The van der Waals surface area contributed by atoms with E-state index in [1.165, 1.54) is 19.2 Å². The maximum Gasteiger partial charge on any atom is 0.337 e. The number of ketones is 1. The van der Waals surface area contributed by atoms with E-state index in [-0.39, 0.29) is 5.78 Å². The normalized spacial score (nSPS) is 21.7. The molecule has 0 saturated heterocycles. The van der Waals surface area contributed by atoms with Crippen LogP contribution < -0.4 is 5.32 Å². The van der Waals surface area contributed by atoms with Crippen LogP contribution in [0.5, 0.6) is 0 Å². The Morgan fingerprint density at radius 3 is 2.45 bits per heavy atom. The Bertz CT molecular complexity index is 1330. The molecule has 1 aliphatic heterocycles. The van der Waals surface area contributed by atoms with Crippen molar-refractivity contribution < 1.29 is 18.7 Å². The number of hydrogen-bond donors (Lipinski definition) is 1. The third-order valence-electron chi connectivity index (χ3n) is 6.43. The van der Waals surface area contributed by atoms with Gasteiger partial charge in [0.2, 0.25) is 0 Å². The predicted octanol–water partition coefficient (Wildman–Crippen LogP) is 5.05. The summed E-state index contributed by atoms with van der Waals surface area (Å²) in [6, 6.07) is 21.3. The summed E-state index contributed by atoms with van der Waals surface area (Å²) in [6.45, 7) is 1.95. The number of halogens is 1. The Morgan fingerprint density at radius 1 is 1.03 bits per heavy atom. The first-order chi connectivity index (χ1) is 16.0. The molecular formula is C28H22FNO3. The third kappa shape index (κ3) is 3.20. The van der Waals surface area contributed by atoms with E-state index in [1.54, 1.807) is 24.4 Å². The number of methoxy groups -OCH3 is 1. The van der Waals surface area contributed by atoms with Crippen molar-refractivity contribution in [2.75, 3.05) is 7.11 Å². The molecule has 0 bridgehead atoms. The molecule has 0 amide bonds. The summed E-state index contributed by atoms with van der Waals surface area (Å²) in [7, 11) is 1.32. The van der Waals surface area contributed by atoms with E-state index >= 15 is 0 Å². The number of fused-ring (bicyclic) bond motifs is 3. The SMILES string of the molecule is COC(=O)C12NC=C(C(=O)c3ccc(C)cc3)C1c1cc(F)ccc1/C2=C\c1ccccc1. The van der Waals surface area contributed by atoms with Crippen molar-refractivity contribution in [3.8, 4) is 0 Å². The monoisotopic (exact) mass is 439 g/mol. The number of Topliss-reactive ketones (excluding diaryl/α,β-unsaturated/α-hetero) is 1. The van der Waals surface area contributed by atoms with Gasteiger partial charge in [-0.2, -0.15) is 0 Å². The quantitative estimate of drug-likeness (QED) is 0.456. The molecule has 5 heteroatoms. The van der Waals surface area contributed by atoms with E-state index in [4.69, 9.17) is 4.74 Å². The minimum atomic E-state index is -1.36. The van der Waals surface area contributed by atoms with Crippen molar-refractivity contribution in [1.29, 1.82) is 0 Å². The number of rotatable bonds is 4. The topological polar surface area (TPSA) is 55.4 Å². The maximum absolute atomic E-state index is 14.4. The average Bonchev–Trinajstić information content (AvgIpc) is 3.34. The van der Waals surface area contributed by atoms with Crippen molar-refractivity contribution in [2.24, 2.45) is 0 Å². The van der Waals surface area contributed by atoms with Gasteiger partial charge < -0.3 is 10.1 Å². The summed E-state index contributed by atoms with van der Waals surface area (Å²) in [5, 5.41) is 3.18. The Balaban J connectivity index is 1.72. The van der Waals surface area contributed by atoms with Gasteiger partial charge in [-0.05, 0) is 47.4 Å². The summed E-state index contributed by atoms with van der Waals surface area (Å²) in [5.41, 5.74) is 3.40. The van der Waals surface area contributed by atoms with E-state index in [0.717, 1.165) is 11.1 Å². The maximum atomic E-state index is 14.4. The summed E-state index contributed by atoms with van der Waals surface area (Å²) in [5.74, 6) is -1.90. The van der Waals surface area contributed by atoms with E-state index in [9.17, 15) is 14.0 Å². The number of carbonyl (C=O) groups excluding carboxylic acids is 2. The third-order valence-corrected chi connectivity index (χ3v) is 6.43. The van der Waals surface area contributed by atoms with Crippen molar-refractivity contribution in [2.45, 2.75) is 18.4 Å². The Hall–Kier alpha value is -3.99. The number of aryl methyl sites for hydroxylation is 1. The van der Waals surface area contributed by atoms with E-state index in [1.807, 2.05) is 55.5 Å². The number of ether oxygens (including phenoxy) is 1. The number of nitrogens with one attached hydrogen (secondary N) is 1. The molecule has 0 spiro atoms. The predicted molar refractivity (Wildman–Crippen MR) is 125 cm³/mol. The zero-order valence-corrected chi connectivity index (χ0v) is 18.3. The molecule has 1 heterocycles. The zero-order chi connectivity index (χ0) is 23.2. The van der Waals surface area contributed by atoms with Gasteiger partial charge in [0, 0.05) is 17.3 Å². The van der Waals surface area contributed by atoms with Crippen LogP contribution in [0.2, 0.25) is 0 Å². The van der Waals surface area contributed by atoms with Gasteiger partial charge in [0.25, 0.3) is 0 Å². The smallest absolute Gasteiger partial charge is 0.337 e. The highest BCUT2D eigenvalue weighted by Gasteiger charge is 2.61. The molecule has 3 aromatic carbocycles. The Kier molecular flexibility index (Phi) is 4.97. The van der Waals surface area contributed by atoms with Gasteiger partial charge in [0.15, 0.2) is 11.3 Å². The molecule has 0 radical (unpaired) electrons. The fourth-order valence-corrected chi connectivity index (χ4v) is 4.88. The van der Waals surface area contributed by atoms with Gasteiger partial charge in [-0.25, -0.2) is 9.18 Å². The van der Waals surface area contributed by atoms with Crippen LogP contribution in [-0.4, -0.2) is 24.4 Å². The molecule has 2 aliphatic rings. The molecule has 1 N–H and O–H groups in total. The minimum absolute atomic E-state index is 0.213. The lowest BCUT2D eigenvalue weighted by Crippen LogP contribution is -2.50. The molecule has 2 atom stereocenters. The van der Waals surface area contributed by atoms with Crippen LogP contribution in [-0.2, 0) is 9.53 Å². The van der Waals surface area contributed by atoms with Gasteiger partial charge in [-0.3, -0.25) is 4.79 Å². The fourth-order valence-electron chi connectivity index (χ4n) is 4.88.